The number of ether oxygens (including phenoxy) is 2. The van der Waals surface area contributed by atoms with E-state index in [-0.39, 0.29) is 17.8 Å². The van der Waals surface area contributed by atoms with Crippen molar-refractivity contribution in [3.8, 4) is 11.9 Å². The molecule has 45 heavy (non-hydrogen) atoms. The third kappa shape index (κ3) is 10.3. The van der Waals surface area contributed by atoms with Crippen molar-refractivity contribution in [3.63, 3.8) is 0 Å². The number of thiazole rings is 1. The second-order valence-corrected chi connectivity index (χ2v) is 13.7. The zero-order valence-corrected chi connectivity index (χ0v) is 27.5. The highest BCUT2D eigenvalue weighted by Crippen LogP contribution is 2.30. The summed E-state index contributed by atoms with van der Waals surface area (Å²) in [7, 11) is 0. The number of nitriles is 1. The van der Waals surface area contributed by atoms with Crippen molar-refractivity contribution in [1.82, 2.24) is 14.9 Å². The maximum atomic E-state index is 14.1. The van der Waals surface area contributed by atoms with E-state index in [0.717, 1.165) is 60.0 Å². The number of carbonyl (C=O) groups excluding carboxylic acids is 1. The molecule has 0 atom stereocenters. The van der Waals surface area contributed by atoms with Crippen molar-refractivity contribution in [2.45, 2.75) is 72.1 Å². The minimum absolute atomic E-state index is 0.0320. The van der Waals surface area contributed by atoms with Crippen molar-refractivity contribution < 1.29 is 18.7 Å². The summed E-state index contributed by atoms with van der Waals surface area (Å²) in [6.45, 7) is 14.1. The lowest BCUT2D eigenvalue weighted by Crippen LogP contribution is -2.32. The van der Waals surface area contributed by atoms with Crippen LogP contribution < -0.4 is 10.5 Å². The number of primary amides is 1. The minimum atomic E-state index is -0.459. The van der Waals surface area contributed by atoms with Crippen molar-refractivity contribution in [2.75, 3.05) is 19.7 Å². The summed E-state index contributed by atoms with van der Waals surface area (Å²) in [5.41, 5.74) is 8.45. The SMILES string of the molecule is CC(C)COC(C)(C)C.N#Cc1ccc(COc2cccc(C3CCN(Cc4nc5ccc(C(N)=O)cc5s4)CC3)n2)c(F)c1. The van der Waals surface area contributed by atoms with E-state index in [4.69, 9.17) is 25.5 Å². The van der Waals surface area contributed by atoms with E-state index in [1.807, 2.05) is 30.3 Å². The molecule has 1 aliphatic heterocycles. The van der Waals surface area contributed by atoms with Crippen molar-refractivity contribution in [3.05, 3.63) is 87.8 Å². The molecule has 0 unspecified atom stereocenters. The fraction of sp³-hybridized carbons (Fsp3) is 0.429. The molecular formula is C35H42FN5O3S. The Morgan fingerprint density at radius 1 is 1.13 bits per heavy atom. The maximum absolute atomic E-state index is 14.1. The highest BCUT2D eigenvalue weighted by Gasteiger charge is 2.23. The molecule has 1 aliphatic rings. The van der Waals surface area contributed by atoms with Gasteiger partial charge in [-0.3, -0.25) is 9.69 Å². The predicted octanol–water partition coefficient (Wildman–Crippen LogP) is 7.22. The number of nitrogens with two attached hydrogens (primary N) is 1. The van der Waals surface area contributed by atoms with E-state index in [9.17, 15) is 9.18 Å². The van der Waals surface area contributed by atoms with E-state index >= 15 is 0 Å². The van der Waals surface area contributed by atoms with Crippen LogP contribution in [0.15, 0.2) is 54.6 Å². The number of halogens is 1. The standard InChI is InChI=1S/C27H24FN5O2S.C8H18O/c28-21-12-17(14-29)4-5-20(21)16-35-25-3-1-2-22(31-25)18-8-10-33(11-9-18)15-26-32-23-7-6-19(27(30)34)13-24(23)36-26;1-7(2)6-9-8(3,4)5/h1-7,12-13,18H,8-11,15-16H2,(H2,30,34);7H,6H2,1-5H3. The monoisotopic (exact) mass is 631 g/mol. The molecule has 10 heteroatoms. The van der Waals surface area contributed by atoms with Gasteiger partial charge in [-0.25, -0.2) is 14.4 Å². The lowest BCUT2D eigenvalue weighted by molar-refractivity contribution is -0.0167. The number of amides is 1. The molecular weight excluding hydrogens is 589 g/mol. The zero-order chi connectivity index (χ0) is 32.6. The number of aromatic nitrogens is 2. The number of pyridine rings is 1. The Kier molecular flexibility index (Phi) is 11.6. The Bertz CT molecular complexity index is 1630. The number of carbonyl (C=O) groups is 1. The maximum Gasteiger partial charge on any atom is 0.248 e. The number of likely N-dealkylation sites (tertiary alicyclic amines) is 1. The first-order valence-corrected chi connectivity index (χ1v) is 16.1. The average Bonchev–Trinajstić information content (AvgIpc) is 3.41. The minimum Gasteiger partial charge on any atom is -0.473 e. The van der Waals surface area contributed by atoms with E-state index < -0.39 is 11.7 Å². The van der Waals surface area contributed by atoms with Crippen LogP contribution >= 0.6 is 11.3 Å². The van der Waals surface area contributed by atoms with Gasteiger partial charge in [-0.15, -0.1) is 11.3 Å². The van der Waals surface area contributed by atoms with Gasteiger partial charge in [-0.2, -0.15) is 5.26 Å². The lowest BCUT2D eigenvalue weighted by atomic mass is 9.93. The van der Waals surface area contributed by atoms with Gasteiger partial charge in [0.15, 0.2) is 0 Å². The number of rotatable bonds is 9. The third-order valence-corrected chi connectivity index (χ3v) is 8.24. The fourth-order valence-corrected chi connectivity index (χ4v) is 5.86. The van der Waals surface area contributed by atoms with Crippen LogP contribution in [0.25, 0.3) is 10.2 Å². The Morgan fingerprint density at radius 2 is 1.89 bits per heavy atom. The smallest absolute Gasteiger partial charge is 0.248 e. The van der Waals surface area contributed by atoms with Crippen LogP contribution in [0.4, 0.5) is 4.39 Å². The summed E-state index contributed by atoms with van der Waals surface area (Å²) in [4.78, 5) is 23.2. The van der Waals surface area contributed by atoms with E-state index in [0.29, 0.717) is 28.8 Å². The van der Waals surface area contributed by atoms with Gasteiger partial charge >= 0.3 is 0 Å². The van der Waals surface area contributed by atoms with Crippen LogP contribution in [0.5, 0.6) is 5.88 Å². The molecule has 0 radical (unpaired) electrons. The second kappa shape index (κ2) is 15.4. The molecule has 4 aromatic rings. The largest absolute Gasteiger partial charge is 0.473 e. The van der Waals surface area contributed by atoms with Crippen LogP contribution in [-0.4, -0.2) is 46.1 Å². The lowest BCUT2D eigenvalue weighted by Gasteiger charge is -2.31. The van der Waals surface area contributed by atoms with Gasteiger partial charge < -0.3 is 15.2 Å². The number of fused-ring (bicyclic) bond motifs is 1. The van der Waals surface area contributed by atoms with Crippen LogP contribution in [-0.2, 0) is 17.9 Å². The first-order valence-electron chi connectivity index (χ1n) is 15.2. The Balaban J connectivity index is 0.000000448. The molecule has 2 aromatic carbocycles. The quantitative estimate of drug-likeness (QED) is 0.207. The molecule has 1 saturated heterocycles. The summed E-state index contributed by atoms with van der Waals surface area (Å²) in [5, 5.41) is 9.91. The summed E-state index contributed by atoms with van der Waals surface area (Å²) < 4.78 is 26.3. The zero-order valence-electron chi connectivity index (χ0n) is 26.7. The Morgan fingerprint density at radius 3 is 2.51 bits per heavy atom. The van der Waals surface area contributed by atoms with Gasteiger partial charge in [0.05, 0.1) is 34.0 Å². The molecule has 0 saturated carbocycles. The van der Waals surface area contributed by atoms with E-state index in [1.54, 1.807) is 35.6 Å². The summed E-state index contributed by atoms with van der Waals surface area (Å²) >= 11 is 1.60. The summed E-state index contributed by atoms with van der Waals surface area (Å²) in [6.07, 6.45) is 1.94. The molecule has 2 aromatic heterocycles. The van der Waals surface area contributed by atoms with Crippen LogP contribution in [0.2, 0.25) is 0 Å². The summed E-state index contributed by atoms with van der Waals surface area (Å²) in [5.74, 6) is 0.537. The van der Waals surface area contributed by atoms with Gasteiger partial charge in [0, 0.05) is 35.4 Å². The van der Waals surface area contributed by atoms with Gasteiger partial charge in [0.25, 0.3) is 0 Å². The van der Waals surface area contributed by atoms with Gasteiger partial charge in [0.1, 0.15) is 17.4 Å². The molecule has 1 amide bonds. The van der Waals surface area contributed by atoms with Crippen LogP contribution in [0, 0.1) is 23.1 Å². The first-order chi connectivity index (χ1) is 21.4. The first kappa shape index (κ1) is 34.0. The molecule has 1 fully saturated rings. The molecule has 0 aliphatic carbocycles. The van der Waals surface area contributed by atoms with Gasteiger partial charge in [-0.05, 0) is 89.0 Å². The molecule has 3 heterocycles. The highest BCUT2D eigenvalue weighted by molar-refractivity contribution is 7.18. The van der Waals surface area contributed by atoms with Crippen molar-refractivity contribution >= 4 is 27.5 Å². The molecule has 2 N–H and O–H groups in total. The normalized spacial score (nSPS) is 14.2. The molecule has 238 valence electrons. The predicted molar refractivity (Wildman–Crippen MR) is 176 cm³/mol. The number of nitrogens with zero attached hydrogens (tertiary/aromatic N) is 4. The van der Waals surface area contributed by atoms with Gasteiger partial charge in [0.2, 0.25) is 11.8 Å². The van der Waals surface area contributed by atoms with Crippen molar-refractivity contribution in [1.29, 1.82) is 5.26 Å². The van der Waals surface area contributed by atoms with Gasteiger partial charge in [-0.1, -0.05) is 26.0 Å². The van der Waals surface area contributed by atoms with E-state index in [2.05, 4.69) is 44.5 Å². The Labute approximate surface area is 269 Å². The summed E-state index contributed by atoms with van der Waals surface area (Å²) in [6, 6.07) is 17.3. The Hall–Kier alpha value is -3.91. The average molecular weight is 632 g/mol. The second-order valence-electron chi connectivity index (χ2n) is 12.6. The highest BCUT2D eigenvalue weighted by atomic mass is 32.1. The molecule has 5 rings (SSSR count). The number of benzene rings is 2. The topological polar surface area (TPSA) is 114 Å². The molecule has 8 nitrogen and oxygen atoms in total. The number of piperidine rings is 1. The van der Waals surface area contributed by atoms with Crippen LogP contribution in [0.3, 0.4) is 0 Å². The fourth-order valence-electron chi connectivity index (χ4n) is 4.81. The number of hydrogen-bond donors (Lipinski definition) is 1. The number of hydrogen-bond acceptors (Lipinski definition) is 8. The molecule has 0 bridgehead atoms. The third-order valence-electron chi connectivity index (χ3n) is 7.23. The van der Waals surface area contributed by atoms with E-state index in [1.165, 1.54) is 6.07 Å². The van der Waals surface area contributed by atoms with Crippen LogP contribution in [0.1, 0.15) is 85.6 Å². The van der Waals surface area contributed by atoms with Crippen molar-refractivity contribution in [2.24, 2.45) is 11.7 Å². The molecule has 0 spiro atoms.